The zero-order valence-corrected chi connectivity index (χ0v) is 13.7. The smallest absolute Gasteiger partial charge is 0.220 e. The van der Waals surface area contributed by atoms with Gasteiger partial charge in [0, 0.05) is 25.6 Å². The highest BCUT2D eigenvalue weighted by molar-refractivity contribution is 5.76. The van der Waals surface area contributed by atoms with Crippen molar-refractivity contribution in [1.82, 2.24) is 14.7 Å². The normalized spacial score (nSPS) is 10.7. The van der Waals surface area contributed by atoms with Gasteiger partial charge < -0.3 is 14.5 Å². The van der Waals surface area contributed by atoms with Crippen molar-refractivity contribution in [2.24, 2.45) is 0 Å². The molecule has 0 radical (unpaired) electrons. The summed E-state index contributed by atoms with van der Waals surface area (Å²) in [5, 5.41) is 2.96. The molecule has 0 bridgehead atoms. The van der Waals surface area contributed by atoms with E-state index in [2.05, 4.69) is 10.3 Å². The summed E-state index contributed by atoms with van der Waals surface area (Å²) in [6.07, 6.45) is 5.65. The predicted octanol–water partition coefficient (Wildman–Crippen LogP) is 2.63. The maximum Gasteiger partial charge on any atom is 0.220 e. The SMILES string of the molecule is COc1cccc(CCNC(=O)CCc2ncc3ccccn23)c1. The lowest BCUT2D eigenvalue weighted by molar-refractivity contribution is -0.121. The number of amides is 1. The van der Waals surface area contributed by atoms with E-state index in [4.69, 9.17) is 4.74 Å². The van der Waals surface area contributed by atoms with Gasteiger partial charge in [-0.05, 0) is 36.2 Å². The number of pyridine rings is 1. The molecule has 2 heterocycles. The Kier molecular flexibility index (Phi) is 5.11. The van der Waals surface area contributed by atoms with Gasteiger partial charge in [-0.25, -0.2) is 4.98 Å². The maximum absolute atomic E-state index is 12.0. The number of aryl methyl sites for hydroxylation is 1. The van der Waals surface area contributed by atoms with Crippen LogP contribution in [0.5, 0.6) is 5.75 Å². The first-order valence-corrected chi connectivity index (χ1v) is 8.07. The van der Waals surface area contributed by atoms with Crippen LogP contribution in [-0.2, 0) is 17.6 Å². The Labute approximate surface area is 141 Å². The lowest BCUT2D eigenvalue weighted by atomic mass is 10.1. The number of hydrogen-bond donors (Lipinski definition) is 1. The Morgan fingerprint density at radius 2 is 2.12 bits per heavy atom. The fraction of sp³-hybridized carbons (Fsp3) is 0.263. The Morgan fingerprint density at radius 1 is 1.21 bits per heavy atom. The van der Waals surface area contributed by atoms with Gasteiger partial charge in [0.05, 0.1) is 18.8 Å². The zero-order chi connectivity index (χ0) is 16.8. The Balaban J connectivity index is 1.46. The van der Waals surface area contributed by atoms with Gasteiger partial charge in [0.25, 0.3) is 0 Å². The summed E-state index contributed by atoms with van der Waals surface area (Å²) in [5.41, 5.74) is 2.19. The van der Waals surface area contributed by atoms with Crippen LogP contribution in [0.2, 0.25) is 0 Å². The van der Waals surface area contributed by atoms with Gasteiger partial charge in [0.2, 0.25) is 5.91 Å². The maximum atomic E-state index is 12.0. The lowest BCUT2D eigenvalue weighted by Gasteiger charge is -2.07. The minimum atomic E-state index is 0.0468. The highest BCUT2D eigenvalue weighted by atomic mass is 16.5. The molecule has 0 spiro atoms. The van der Waals surface area contributed by atoms with Gasteiger partial charge in [-0.2, -0.15) is 0 Å². The molecule has 0 aliphatic heterocycles. The predicted molar refractivity (Wildman–Crippen MR) is 93.2 cm³/mol. The molecule has 5 nitrogen and oxygen atoms in total. The van der Waals surface area contributed by atoms with Gasteiger partial charge in [-0.3, -0.25) is 4.79 Å². The molecule has 0 atom stereocenters. The lowest BCUT2D eigenvalue weighted by Crippen LogP contribution is -2.26. The first kappa shape index (κ1) is 16.1. The molecule has 0 fully saturated rings. The van der Waals surface area contributed by atoms with Crippen LogP contribution in [0.25, 0.3) is 5.52 Å². The van der Waals surface area contributed by atoms with Crippen LogP contribution in [0.3, 0.4) is 0 Å². The summed E-state index contributed by atoms with van der Waals surface area (Å²) in [6, 6.07) is 13.8. The van der Waals surface area contributed by atoms with Gasteiger partial charge in [0.1, 0.15) is 11.6 Å². The summed E-state index contributed by atoms with van der Waals surface area (Å²) in [5.74, 6) is 1.80. The summed E-state index contributed by atoms with van der Waals surface area (Å²) in [6.45, 7) is 0.619. The quantitative estimate of drug-likeness (QED) is 0.727. The molecule has 3 aromatic rings. The fourth-order valence-corrected chi connectivity index (χ4v) is 2.67. The summed E-state index contributed by atoms with van der Waals surface area (Å²) < 4.78 is 7.22. The van der Waals surface area contributed by atoms with E-state index in [1.54, 1.807) is 7.11 Å². The molecule has 0 aliphatic rings. The Hall–Kier alpha value is -2.82. The van der Waals surface area contributed by atoms with Crippen LogP contribution in [0.15, 0.2) is 54.9 Å². The van der Waals surface area contributed by atoms with Crippen LogP contribution in [0.4, 0.5) is 0 Å². The van der Waals surface area contributed by atoms with E-state index in [9.17, 15) is 4.79 Å². The number of carbonyl (C=O) groups is 1. The number of aromatic nitrogens is 2. The third-order valence-electron chi connectivity index (χ3n) is 3.96. The van der Waals surface area contributed by atoms with Crippen LogP contribution < -0.4 is 10.1 Å². The van der Waals surface area contributed by atoms with Crippen molar-refractivity contribution in [1.29, 1.82) is 0 Å². The second-order valence-corrected chi connectivity index (χ2v) is 5.62. The number of ether oxygens (including phenoxy) is 1. The average Bonchev–Trinajstić information content (AvgIpc) is 3.03. The molecular weight excluding hydrogens is 302 g/mol. The molecule has 3 rings (SSSR count). The molecule has 0 saturated heterocycles. The fourth-order valence-electron chi connectivity index (χ4n) is 2.67. The molecule has 24 heavy (non-hydrogen) atoms. The molecule has 0 aliphatic carbocycles. The standard InChI is InChI=1S/C19H21N3O2/c1-24-17-7-4-5-15(13-17)10-11-20-19(23)9-8-18-21-14-16-6-2-3-12-22(16)18/h2-7,12-14H,8-11H2,1H3,(H,20,23). The molecule has 1 aromatic carbocycles. The summed E-state index contributed by atoms with van der Waals surface area (Å²) in [4.78, 5) is 16.4. The first-order valence-electron chi connectivity index (χ1n) is 8.07. The molecular formula is C19H21N3O2. The molecule has 0 unspecified atom stereocenters. The van der Waals surface area contributed by atoms with E-state index in [0.717, 1.165) is 29.1 Å². The minimum Gasteiger partial charge on any atom is -0.497 e. The first-order chi connectivity index (χ1) is 11.8. The van der Waals surface area contributed by atoms with Crippen LogP contribution in [-0.4, -0.2) is 28.9 Å². The van der Waals surface area contributed by atoms with E-state index in [1.165, 1.54) is 0 Å². The van der Waals surface area contributed by atoms with E-state index in [1.807, 2.05) is 59.3 Å². The van der Waals surface area contributed by atoms with Crippen LogP contribution >= 0.6 is 0 Å². The summed E-state index contributed by atoms with van der Waals surface area (Å²) in [7, 11) is 1.65. The van der Waals surface area contributed by atoms with Crippen molar-refractivity contribution in [2.45, 2.75) is 19.3 Å². The zero-order valence-electron chi connectivity index (χ0n) is 13.7. The van der Waals surface area contributed by atoms with Gasteiger partial charge >= 0.3 is 0 Å². The van der Waals surface area contributed by atoms with E-state index in [0.29, 0.717) is 19.4 Å². The molecule has 1 amide bonds. The second kappa shape index (κ2) is 7.64. The highest BCUT2D eigenvalue weighted by Gasteiger charge is 2.07. The van der Waals surface area contributed by atoms with E-state index >= 15 is 0 Å². The molecule has 5 heteroatoms. The van der Waals surface area contributed by atoms with Gasteiger partial charge in [0.15, 0.2) is 0 Å². The number of methoxy groups -OCH3 is 1. The Bertz CT molecular complexity index is 826. The highest BCUT2D eigenvalue weighted by Crippen LogP contribution is 2.12. The topological polar surface area (TPSA) is 55.6 Å². The molecule has 124 valence electrons. The van der Waals surface area contributed by atoms with Crippen molar-refractivity contribution in [3.05, 3.63) is 66.2 Å². The largest absolute Gasteiger partial charge is 0.497 e. The van der Waals surface area contributed by atoms with Crippen LogP contribution in [0.1, 0.15) is 17.8 Å². The number of imidazole rings is 1. The van der Waals surface area contributed by atoms with Gasteiger partial charge in [-0.15, -0.1) is 0 Å². The van der Waals surface area contributed by atoms with Gasteiger partial charge in [-0.1, -0.05) is 18.2 Å². The van der Waals surface area contributed by atoms with Crippen molar-refractivity contribution >= 4 is 11.4 Å². The molecule has 0 saturated carbocycles. The number of benzene rings is 1. The number of nitrogens with zero attached hydrogens (tertiary/aromatic N) is 2. The van der Waals surface area contributed by atoms with E-state index < -0.39 is 0 Å². The minimum absolute atomic E-state index is 0.0468. The van der Waals surface area contributed by atoms with Crippen molar-refractivity contribution in [2.75, 3.05) is 13.7 Å². The molecule has 1 N–H and O–H groups in total. The third-order valence-corrected chi connectivity index (χ3v) is 3.96. The van der Waals surface area contributed by atoms with Crippen molar-refractivity contribution in [3.8, 4) is 5.75 Å². The number of fused-ring (bicyclic) bond motifs is 1. The molecule has 2 aromatic heterocycles. The number of carbonyl (C=O) groups excluding carboxylic acids is 1. The second-order valence-electron chi connectivity index (χ2n) is 5.62. The monoisotopic (exact) mass is 323 g/mol. The summed E-state index contributed by atoms with van der Waals surface area (Å²) >= 11 is 0. The van der Waals surface area contributed by atoms with Crippen LogP contribution in [0, 0.1) is 0 Å². The van der Waals surface area contributed by atoms with E-state index in [-0.39, 0.29) is 5.91 Å². The number of nitrogens with one attached hydrogen (secondary N) is 1. The Morgan fingerprint density at radius 3 is 3.00 bits per heavy atom. The number of rotatable bonds is 7. The van der Waals surface area contributed by atoms with Crippen molar-refractivity contribution in [3.63, 3.8) is 0 Å². The average molecular weight is 323 g/mol. The van der Waals surface area contributed by atoms with Crippen molar-refractivity contribution < 1.29 is 9.53 Å². The third kappa shape index (κ3) is 3.93. The number of hydrogen-bond acceptors (Lipinski definition) is 3.